The van der Waals surface area contributed by atoms with Crippen molar-refractivity contribution in [2.45, 2.75) is 5.41 Å². The van der Waals surface area contributed by atoms with Crippen molar-refractivity contribution in [2.24, 2.45) is 0 Å². The Labute approximate surface area is 267 Å². The Kier molecular flexibility index (Phi) is 4.57. The van der Waals surface area contributed by atoms with E-state index in [4.69, 9.17) is 4.74 Å². The van der Waals surface area contributed by atoms with Crippen molar-refractivity contribution in [3.63, 3.8) is 0 Å². The molecule has 3 aliphatic rings. The van der Waals surface area contributed by atoms with Gasteiger partial charge in [-0.15, -0.1) is 0 Å². The van der Waals surface area contributed by atoms with Crippen LogP contribution in [0.25, 0.3) is 66.1 Å². The van der Waals surface area contributed by atoms with E-state index in [-0.39, 0.29) is 0 Å². The van der Waals surface area contributed by atoms with Gasteiger partial charge in [0.05, 0.1) is 5.41 Å². The maximum atomic E-state index is 6.51. The van der Waals surface area contributed by atoms with Gasteiger partial charge in [-0.25, -0.2) is 0 Å². The average Bonchev–Trinajstić information content (AvgIpc) is 3.58. The molecule has 2 aliphatic carbocycles. The van der Waals surface area contributed by atoms with Crippen LogP contribution in [0.5, 0.6) is 11.5 Å². The molecule has 8 aromatic rings. The summed E-state index contributed by atoms with van der Waals surface area (Å²) in [5, 5.41) is 4.94. The van der Waals surface area contributed by atoms with Gasteiger partial charge >= 0.3 is 0 Å². The number of hydrogen-bond acceptors (Lipinski definition) is 1. The lowest BCUT2D eigenvalue weighted by molar-refractivity contribution is 0.487. The van der Waals surface area contributed by atoms with Crippen molar-refractivity contribution in [1.29, 1.82) is 0 Å². The third kappa shape index (κ3) is 2.87. The molecule has 0 saturated carbocycles. The predicted octanol–water partition coefficient (Wildman–Crippen LogP) is 11.8. The lowest BCUT2D eigenvalue weighted by atomic mass is 9.68. The molecule has 1 heterocycles. The summed E-state index contributed by atoms with van der Waals surface area (Å²) in [5.74, 6) is 1.83. The average molecular weight is 583 g/mol. The second-order valence-electron chi connectivity index (χ2n) is 12.8. The van der Waals surface area contributed by atoms with Crippen LogP contribution >= 0.6 is 0 Å². The van der Waals surface area contributed by atoms with Crippen molar-refractivity contribution in [3.8, 4) is 56.0 Å². The molecule has 1 aliphatic heterocycles. The van der Waals surface area contributed by atoms with E-state index in [9.17, 15) is 0 Å². The van der Waals surface area contributed by atoms with Crippen LogP contribution in [0.15, 0.2) is 158 Å². The molecule has 1 nitrogen and oxygen atoms in total. The topological polar surface area (TPSA) is 9.23 Å². The molecule has 46 heavy (non-hydrogen) atoms. The van der Waals surface area contributed by atoms with Gasteiger partial charge in [-0.05, 0) is 102 Å². The third-order valence-electron chi connectivity index (χ3n) is 10.7. The first-order valence-electron chi connectivity index (χ1n) is 16.0. The highest BCUT2D eigenvalue weighted by atomic mass is 16.5. The van der Waals surface area contributed by atoms with Gasteiger partial charge in [-0.2, -0.15) is 0 Å². The van der Waals surface area contributed by atoms with Crippen LogP contribution in [0.1, 0.15) is 22.3 Å². The third-order valence-corrected chi connectivity index (χ3v) is 10.7. The molecule has 212 valence electrons. The number of ether oxygens (including phenoxy) is 1. The molecule has 0 amide bonds. The SMILES string of the molecule is c1ccc2c(c1)Oc1ccc(-c3cccc4c3C3(c5ccccc5-c5cc6ccccc6cc53)c3ccccc3-4)c3cccc-2c13. The van der Waals surface area contributed by atoms with E-state index in [0.717, 1.165) is 17.1 Å². The van der Waals surface area contributed by atoms with E-state index in [2.05, 4.69) is 152 Å². The maximum Gasteiger partial charge on any atom is 0.135 e. The van der Waals surface area contributed by atoms with Gasteiger partial charge in [0.2, 0.25) is 0 Å². The second-order valence-corrected chi connectivity index (χ2v) is 12.8. The van der Waals surface area contributed by atoms with E-state index in [1.165, 1.54) is 82.7 Å². The summed E-state index contributed by atoms with van der Waals surface area (Å²) in [4.78, 5) is 0. The van der Waals surface area contributed by atoms with Gasteiger partial charge < -0.3 is 4.74 Å². The zero-order valence-corrected chi connectivity index (χ0v) is 24.9. The Morgan fingerprint density at radius 2 is 0.935 bits per heavy atom. The first-order chi connectivity index (χ1) is 22.8. The molecule has 0 N–H and O–H groups in total. The van der Waals surface area contributed by atoms with Crippen LogP contribution in [0.2, 0.25) is 0 Å². The second kappa shape index (κ2) is 8.62. The summed E-state index contributed by atoms with van der Waals surface area (Å²) in [5.41, 5.74) is 15.2. The molecule has 1 unspecified atom stereocenters. The minimum absolute atomic E-state index is 0.443. The molecule has 0 fully saturated rings. The molecule has 0 bridgehead atoms. The predicted molar refractivity (Wildman–Crippen MR) is 189 cm³/mol. The number of para-hydroxylation sites is 1. The Hall–Kier alpha value is -5.92. The number of fused-ring (bicyclic) bond motifs is 13. The molecular weight excluding hydrogens is 556 g/mol. The van der Waals surface area contributed by atoms with Crippen LogP contribution in [0.3, 0.4) is 0 Å². The van der Waals surface area contributed by atoms with Crippen molar-refractivity contribution in [2.75, 3.05) is 0 Å². The number of benzene rings is 8. The summed E-state index contributed by atoms with van der Waals surface area (Å²) in [7, 11) is 0. The summed E-state index contributed by atoms with van der Waals surface area (Å²) < 4.78 is 6.51. The molecule has 1 atom stereocenters. The monoisotopic (exact) mass is 582 g/mol. The standard InChI is InChI=1S/C45H26O/c1-2-12-28-26-40-37(25-27(28)11-1)31-14-4-7-21-39(31)45(40)38-20-6-3-13-30(38)36-19-10-18-35(44(36)45)29-23-24-42-43-33(29)16-9-17-34(43)32-15-5-8-22-41(32)46-42/h1-26H. The summed E-state index contributed by atoms with van der Waals surface area (Å²) in [6, 6.07) is 58.3. The fourth-order valence-corrected chi connectivity index (χ4v) is 8.92. The normalized spacial score (nSPS) is 16.1. The van der Waals surface area contributed by atoms with Crippen LogP contribution in [-0.4, -0.2) is 0 Å². The van der Waals surface area contributed by atoms with Gasteiger partial charge in [-0.1, -0.05) is 133 Å². The van der Waals surface area contributed by atoms with E-state index in [0.29, 0.717) is 0 Å². The van der Waals surface area contributed by atoms with Crippen LogP contribution < -0.4 is 4.74 Å². The number of hydrogen-bond donors (Lipinski definition) is 0. The summed E-state index contributed by atoms with van der Waals surface area (Å²) >= 11 is 0. The first-order valence-corrected chi connectivity index (χ1v) is 16.0. The Bertz CT molecular complexity index is 2630. The quantitative estimate of drug-likeness (QED) is 0.187. The smallest absolute Gasteiger partial charge is 0.135 e. The molecule has 0 aromatic heterocycles. The minimum atomic E-state index is -0.443. The van der Waals surface area contributed by atoms with Gasteiger partial charge in [-0.3, -0.25) is 0 Å². The van der Waals surface area contributed by atoms with E-state index in [1.54, 1.807) is 0 Å². The molecule has 0 radical (unpaired) electrons. The Morgan fingerprint density at radius 3 is 1.74 bits per heavy atom. The van der Waals surface area contributed by atoms with Gasteiger partial charge in [0, 0.05) is 10.9 Å². The fourth-order valence-electron chi connectivity index (χ4n) is 8.92. The highest BCUT2D eigenvalue weighted by Crippen LogP contribution is 2.65. The van der Waals surface area contributed by atoms with Gasteiger partial charge in [0.1, 0.15) is 11.5 Å². The van der Waals surface area contributed by atoms with E-state index >= 15 is 0 Å². The summed E-state index contributed by atoms with van der Waals surface area (Å²) in [6.45, 7) is 0. The fraction of sp³-hybridized carbons (Fsp3) is 0.0222. The van der Waals surface area contributed by atoms with Crippen LogP contribution in [0, 0.1) is 0 Å². The molecule has 8 aromatic carbocycles. The molecule has 11 rings (SSSR count). The molecule has 1 spiro atoms. The largest absolute Gasteiger partial charge is 0.456 e. The highest BCUT2D eigenvalue weighted by Gasteiger charge is 2.52. The Balaban J connectivity index is 1.29. The highest BCUT2D eigenvalue weighted by molar-refractivity contribution is 6.11. The Morgan fingerprint density at radius 1 is 0.348 bits per heavy atom. The zero-order valence-electron chi connectivity index (χ0n) is 24.9. The molecule has 0 saturated heterocycles. The van der Waals surface area contributed by atoms with Gasteiger partial charge in [0.15, 0.2) is 0 Å². The van der Waals surface area contributed by atoms with Gasteiger partial charge in [0.25, 0.3) is 0 Å². The van der Waals surface area contributed by atoms with Crippen molar-refractivity contribution < 1.29 is 4.74 Å². The van der Waals surface area contributed by atoms with E-state index in [1.807, 2.05) is 6.07 Å². The molecular formula is C45H26O. The lowest BCUT2D eigenvalue weighted by Crippen LogP contribution is -2.26. The van der Waals surface area contributed by atoms with Crippen molar-refractivity contribution >= 4 is 21.5 Å². The van der Waals surface area contributed by atoms with Crippen LogP contribution in [-0.2, 0) is 5.41 Å². The van der Waals surface area contributed by atoms with Crippen molar-refractivity contribution in [1.82, 2.24) is 0 Å². The first kappa shape index (κ1) is 24.4. The molecule has 1 heteroatoms. The summed E-state index contributed by atoms with van der Waals surface area (Å²) in [6.07, 6.45) is 0. The zero-order chi connectivity index (χ0) is 30.0. The maximum absolute atomic E-state index is 6.51. The lowest BCUT2D eigenvalue weighted by Gasteiger charge is -2.33. The van der Waals surface area contributed by atoms with Crippen molar-refractivity contribution in [3.05, 3.63) is 180 Å². The number of rotatable bonds is 1. The minimum Gasteiger partial charge on any atom is -0.456 e. The van der Waals surface area contributed by atoms with Crippen LogP contribution in [0.4, 0.5) is 0 Å². The van der Waals surface area contributed by atoms with E-state index < -0.39 is 5.41 Å².